The summed E-state index contributed by atoms with van der Waals surface area (Å²) >= 11 is 0. The summed E-state index contributed by atoms with van der Waals surface area (Å²) < 4.78 is 9.75. The maximum absolute atomic E-state index is 9.17. The van der Waals surface area contributed by atoms with Crippen molar-refractivity contribution in [2.24, 2.45) is 0 Å². The molecule has 13 heavy (non-hydrogen) atoms. The molecule has 0 saturated carbocycles. The zero-order chi connectivity index (χ0) is 8.97. The fraction of sp³-hybridized carbons (Fsp3) is 0.375. The zero-order valence-corrected chi connectivity index (χ0v) is 8.30. The van der Waals surface area contributed by atoms with Crippen molar-refractivity contribution < 1.29 is 14.6 Å². The molecule has 1 rings (SSSR count). The van der Waals surface area contributed by atoms with Gasteiger partial charge in [0.25, 0.3) is 0 Å². The van der Waals surface area contributed by atoms with E-state index in [2.05, 4.69) is 4.98 Å². The summed E-state index contributed by atoms with van der Waals surface area (Å²) in [5, 5.41) is 9.17. The lowest BCUT2D eigenvalue weighted by molar-refractivity contribution is 0.181. The Balaban J connectivity index is 0.00000144. The normalized spacial score (nSPS) is 9.08. The third kappa shape index (κ3) is 3.08. The summed E-state index contributed by atoms with van der Waals surface area (Å²) in [6.45, 7) is 0.413. The van der Waals surface area contributed by atoms with Crippen LogP contribution in [0.25, 0.3) is 0 Å². The summed E-state index contributed by atoms with van der Waals surface area (Å²) in [7, 11) is 3.08. The molecule has 74 valence electrons. The van der Waals surface area contributed by atoms with Gasteiger partial charge in [-0.15, -0.1) is 12.4 Å². The van der Waals surface area contributed by atoms with Crippen molar-refractivity contribution >= 4 is 12.4 Å². The van der Waals surface area contributed by atoms with E-state index in [0.717, 1.165) is 5.69 Å². The Morgan fingerprint density at radius 3 is 2.69 bits per heavy atom. The number of hydrogen-bond donors (Lipinski definition) is 1. The van der Waals surface area contributed by atoms with E-state index in [9.17, 15) is 5.11 Å². The third-order valence-corrected chi connectivity index (χ3v) is 1.41. The highest BCUT2D eigenvalue weighted by molar-refractivity contribution is 5.85. The first-order valence-corrected chi connectivity index (χ1v) is 3.48. The lowest BCUT2D eigenvalue weighted by Crippen LogP contribution is -1.93. The van der Waals surface area contributed by atoms with E-state index in [1.165, 1.54) is 13.3 Å². The van der Waals surface area contributed by atoms with Gasteiger partial charge in [-0.05, 0) is 0 Å². The van der Waals surface area contributed by atoms with Crippen molar-refractivity contribution in [3.63, 3.8) is 0 Å². The minimum Gasteiger partial charge on any atom is -0.503 e. The van der Waals surface area contributed by atoms with Gasteiger partial charge in [0.1, 0.15) is 0 Å². The second-order valence-electron chi connectivity index (χ2n) is 2.28. The van der Waals surface area contributed by atoms with Crippen LogP contribution in [0.1, 0.15) is 5.69 Å². The molecule has 0 aliphatic rings. The van der Waals surface area contributed by atoms with Gasteiger partial charge in [-0.3, -0.25) is 4.98 Å². The Morgan fingerprint density at radius 1 is 1.46 bits per heavy atom. The summed E-state index contributed by atoms with van der Waals surface area (Å²) in [5.74, 6) is 0.453. The smallest absolute Gasteiger partial charge is 0.176 e. The molecule has 0 unspecified atom stereocenters. The van der Waals surface area contributed by atoms with Crippen LogP contribution < -0.4 is 4.74 Å². The van der Waals surface area contributed by atoms with Crippen LogP contribution in [-0.4, -0.2) is 24.3 Å². The molecule has 0 aliphatic carbocycles. The largest absolute Gasteiger partial charge is 0.503 e. The predicted octanol–water partition coefficient (Wildman–Crippen LogP) is 1.36. The fourth-order valence-corrected chi connectivity index (χ4v) is 0.861. The van der Waals surface area contributed by atoms with Crippen LogP contribution >= 0.6 is 12.4 Å². The summed E-state index contributed by atoms with van der Waals surface area (Å²) in [5.41, 5.74) is 0.729. The van der Waals surface area contributed by atoms with E-state index >= 15 is 0 Å². The second-order valence-corrected chi connectivity index (χ2v) is 2.28. The number of hydrogen-bond acceptors (Lipinski definition) is 4. The van der Waals surface area contributed by atoms with Crippen molar-refractivity contribution in [1.29, 1.82) is 0 Å². The molecule has 0 amide bonds. The van der Waals surface area contributed by atoms with Crippen LogP contribution in [0, 0.1) is 0 Å². The van der Waals surface area contributed by atoms with E-state index in [1.54, 1.807) is 13.2 Å². The molecule has 0 spiro atoms. The van der Waals surface area contributed by atoms with Gasteiger partial charge in [-0.25, -0.2) is 0 Å². The number of pyridine rings is 1. The SMILES string of the molecule is COCc1cc(OC)c(O)cn1.Cl. The van der Waals surface area contributed by atoms with Crippen LogP contribution in [-0.2, 0) is 11.3 Å². The second kappa shape index (κ2) is 5.61. The van der Waals surface area contributed by atoms with Gasteiger partial charge < -0.3 is 14.6 Å². The Morgan fingerprint density at radius 2 is 2.15 bits per heavy atom. The van der Waals surface area contributed by atoms with Gasteiger partial charge in [0, 0.05) is 13.2 Å². The fourth-order valence-electron chi connectivity index (χ4n) is 0.861. The topological polar surface area (TPSA) is 51.6 Å². The number of aromatic nitrogens is 1. The monoisotopic (exact) mass is 205 g/mol. The third-order valence-electron chi connectivity index (χ3n) is 1.41. The Kier molecular flexibility index (Phi) is 5.18. The van der Waals surface area contributed by atoms with Gasteiger partial charge in [0.2, 0.25) is 0 Å². The maximum Gasteiger partial charge on any atom is 0.176 e. The summed E-state index contributed by atoms with van der Waals surface area (Å²) in [6.07, 6.45) is 1.34. The Bertz CT molecular complexity index is 268. The molecular weight excluding hydrogens is 194 g/mol. The van der Waals surface area contributed by atoms with E-state index in [0.29, 0.717) is 12.4 Å². The molecule has 5 heteroatoms. The molecule has 1 heterocycles. The van der Waals surface area contributed by atoms with Gasteiger partial charge in [-0.1, -0.05) is 0 Å². The highest BCUT2D eigenvalue weighted by Crippen LogP contribution is 2.24. The van der Waals surface area contributed by atoms with E-state index < -0.39 is 0 Å². The molecule has 1 N–H and O–H groups in total. The Hall–Kier alpha value is -1.00. The molecule has 0 fully saturated rings. The molecule has 0 radical (unpaired) electrons. The van der Waals surface area contributed by atoms with Crippen molar-refractivity contribution in [2.75, 3.05) is 14.2 Å². The van der Waals surface area contributed by atoms with E-state index in [-0.39, 0.29) is 18.2 Å². The van der Waals surface area contributed by atoms with Crippen molar-refractivity contribution in [1.82, 2.24) is 4.98 Å². The highest BCUT2D eigenvalue weighted by Gasteiger charge is 2.02. The number of aromatic hydroxyl groups is 1. The van der Waals surface area contributed by atoms with Gasteiger partial charge >= 0.3 is 0 Å². The molecular formula is C8H12ClNO3. The van der Waals surface area contributed by atoms with Crippen LogP contribution in [0.15, 0.2) is 12.3 Å². The van der Waals surface area contributed by atoms with Gasteiger partial charge in [0.15, 0.2) is 11.5 Å². The first-order valence-electron chi connectivity index (χ1n) is 3.48. The minimum atomic E-state index is 0. The number of ether oxygens (including phenoxy) is 2. The summed E-state index contributed by atoms with van der Waals surface area (Å²) in [6, 6.07) is 1.64. The quantitative estimate of drug-likeness (QED) is 0.810. The number of rotatable bonds is 3. The first-order chi connectivity index (χ1) is 5.77. The van der Waals surface area contributed by atoms with E-state index in [1.807, 2.05) is 0 Å². The average molecular weight is 206 g/mol. The summed E-state index contributed by atoms with van der Waals surface area (Å²) in [4.78, 5) is 3.92. The molecule has 0 atom stereocenters. The minimum absolute atomic E-state index is 0. The molecule has 0 bridgehead atoms. The zero-order valence-electron chi connectivity index (χ0n) is 7.48. The molecule has 1 aromatic rings. The van der Waals surface area contributed by atoms with Crippen molar-refractivity contribution in [3.05, 3.63) is 18.0 Å². The molecule has 0 aliphatic heterocycles. The van der Waals surface area contributed by atoms with Crippen LogP contribution in [0.5, 0.6) is 11.5 Å². The van der Waals surface area contributed by atoms with Crippen LogP contribution in [0.2, 0.25) is 0 Å². The first kappa shape index (κ1) is 12.0. The standard InChI is InChI=1S/C8H11NO3.ClH/c1-11-5-6-3-8(12-2)7(10)4-9-6;/h3-4,10H,5H2,1-2H3;1H. The van der Waals surface area contributed by atoms with E-state index in [4.69, 9.17) is 9.47 Å². The maximum atomic E-state index is 9.17. The number of halogens is 1. The predicted molar refractivity (Wildman–Crippen MR) is 50.4 cm³/mol. The number of nitrogens with zero attached hydrogens (tertiary/aromatic N) is 1. The lowest BCUT2D eigenvalue weighted by atomic mass is 10.3. The number of methoxy groups -OCH3 is 2. The molecule has 4 nitrogen and oxygen atoms in total. The highest BCUT2D eigenvalue weighted by atomic mass is 35.5. The van der Waals surface area contributed by atoms with Crippen molar-refractivity contribution in [3.8, 4) is 11.5 Å². The molecule has 1 aromatic heterocycles. The van der Waals surface area contributed by atoms with Crippen LogP contribution in [0.3, 0.4) is 0 Å². The van der Waals surface area contributed by atoms with Crippen molar-refractivity contribution in [2.45, 2.75) is 6.61 Å². The van der Waals surface area contributed by atoms with Gasteiger partial charge in [0.05, 0.1) is 25.6 Å². The van der Waals surface area contributed by atoms with Crippen LogP contribution in [0.4, 0.5) is 0 Å². The average Bonchev–Trinajstić information content (AvgIpc) is 2.09. The molecule has 0 saturated heterocycles. The lowest BCUT2D eigenvalue weighted by Gasteiger charge is -2.04. The molecule has 0 aromatic carbocycles. The Labute approximate surface area is 82.9 Å². The van der Waals surface area contributed by atoms with Gasteiger partial charge in [-0.2, -0.15) is 0 Å².